The Morgan fingerprint density at radius 3 is 2.66 bits per heavy atom. The van der Waals surface area contributed by atoms with Crippen molar-refractivity contribution < 1.29 is 18.0 Å². The van der Waals surface area contributed by atoms with Crippen LogP contribution in [0.25, 0.3) is 11.3 Å². The predicted molar refractivity (Wildman–Crippen MR) is 134 cm³/mol. The predicted octanol–water partition coefficient (Wildman–Crippen LogP) is 5.37. The van der Waals surface area contributed by atoms with Gasteiger partial charge in [-0.3, -0.25) is 9.20 Å². The second-order valence-electron chi connectivity index (χ2n) is 8.35. The lowest BCUT2D eigenvalue weighted by atomic mass is 10.0. The van der Waals surface area contributed by atoms with E-state index in [0.717, 1.165) is 23.3 Å². The summed E-state index contributed by atoms with van der Waals surface area (Å²) in [6, 6.07) is 15.4. The van der Waals surface area contributed by atoms with Gasteiger partial charge in [-0.15, -0.1) is 0 Å². The molecule has 0 saturated heterocycles. The largest absolute Gasteiger partial charge is 0.416 e. The number of carbonyl (C=O) groups is 1. The number of hydrogen-bond donors (Lipinski definition) is 1. The van der Waals surface area contributed by atoms with E-state index in [-0.39, 0.29) is 22.6 Å². The lowest BCUT2D eigenvalue weighted by Gasteiger charge is -2.14. The second kappa shape index (κ2) is 9.60. The molecule has 0 fully saturated rings. The number of aromatic nitrogens is 4. The van der Waals surface area contributed by atoms with E-state index in [4.69, 9.17) is 5.26 Å². The number of nitrogens with one attached hydrogen (secondary N) is 1. The maximum Gasteiger partial charge on any atom is 0.416 e. The fourth-order valence-corrected chi connectivity index (χ4v) is 3.78. The number of aryl methyl sites for hydroxylation is 1. The van der Waals surface area contributed by atoms with E-state index in [1.165, 1.54) is 23.2 Å². The van der Waals surface area contributed by atoms with Gasteiger partial charge >= 0.3 is 6.18 Å². The topological polar surface area (TPSA) is 88.0 Å². The van der Waals surface area contributed by atoms with Crippen LogP contribution < -0.4 is 5.32 Å². The zero-order chi connectivity index (χ0) is 26.9. The molecule has 1 N–H and O–H groups in total. The molecule has 0 aliphatic carbocycles. The molecule has 0 bridgehead atoms. The summed E-state index contributed by atoms with van der Waals surface area (Å²) in [4.78, 5) is 21.2. The van der Waals surface area contributed by atoms with Crippen LogP contribution in [0.3, 0.4) is 0 Å². The molecule has 5 aromatic rings. The van der Waals surface area contributed by atoms with Gasteiger partial charge in [0.1, 0.15) is 23.7 Å². The standard InChI is InChI=1S/C28H17F3N6O/c1-18-5-6-20(10-19(18)7-8-24-15-33-26-4-2-3-9-37(24)26)27(38)35-22-11-21(28(29,30)31)12-25(13-22)36-16-23(14-32)34-17-36/h2-6,9-13,15-17H,1H3,(H,35,38). The number of alkyl halides is 3. The Hall–Kier alpha value is -5.35. The Balaban J connectivity index is 1.45. The molecule has 3 aromatic heterocycles. The van der Waals surface area contributed by atoms with Gasteiger partial charge in [-0.25, -0.2) is 9.97 Å². The summed E-state index contributed by atoms with van der Waals surface area (Å²) in [6.45, 7) is 1.85. The maximum absolute atomic E-state index is 13.6. The van der Waals surface area contributed by atoms with E-state index in [1.807, 2.05) is 41.8 Å². The van der Waals surface area contributed by atoms with Crippen molar-refractivity contribution in [2.75, 3.05) is 5.32 Å². The Kier molecular flexibility index (Phi) is 6.15. The van der Waals surface area contributed by atoms with Crippen molar-refractivity contribution >= 4 is 17.2 Å². The van der Waals surface area contributed by atoms with E-state index >= 15 is 0 Å². The highest BCUT2D eigenvalue weighted by molar-refractivity contribution is 6.04. The number of imidazole rings is 2. The van der Waals surface area contributed by atoms with Crippen molar-refractivity contribution in [3.8, 4) is 23.6 Å². The number of rotatable bonds is 3. The van der Waals surface area contributed by atoms with Crippen molar-refractivity contribution in [3.05, 3.63) is 113 Å². The summed E-state index contributed by atoms with van der Waals surface area (Å²) in [5.74, 6) is 5.52. The van der Waals surface area contributed by atoms with Gasteiger partial charge in [0, 0.05) is 34.9 Å². The first-order chi connectivity index (χ1) is 18.2. The van der Waals surface area contributed by atoms with Crippen LogP contribution in [0.15, 0.2) is 79.5 Å². The first-order valence-corrected chi connectivity index (χ1v) is 11.2. The molecule has 0 aliphatic heterocycles. The van der Waals surface area contributed by atoms with Gasteiger partial charge in [0.25, 0.3) is 5.91 Å². The third kappa shape index (κ3) is 4.97. The van der Waals surface area contributed by atoms with Crippen molar-refractivity contribution in [1.82, 2.24) is 18.9 Å². The third-order valence-corrected chi connectivity index (χ3v) is 5.74. The second-order valence-corrected chi connectivity index (χ2v) is 8.35. The highest BCUT2D eigenvalue weighted by atomic mass is 19.4. The zero-order valence-electron chi connectivity index (χ0n) is 19.8. The van der Waals surface area contributed by atoms with Gasteiger partial charge in [0.2, 0.25) is 0 Å². The van der Waals surface area contributed by atoms with Gasteiger partial charge in [-0.05, 0) is 60.9 Å². The Morgan fingerprint density at radius 2 is 1.89 bits per heavy atom. The molecular weight excluding hydrogens is 493 g/mol. The molecule has 3 heterocycles. The van der Waals surface area contributed by atoms with Crippen LogP contribution >= 0.6 is 0 Å². The molecule has 2 aromatic carbocycles. The minimum atomic E-state index is -4.65. The number of fused-ring (bicyclic) bond motifs is 1. The van der Waals surface area contributed by atoms with Crippen LogP contribution in [0.4, 0.5) is 18.9 Å². The van der Waals surface area contributed by atoms with E-state index < -0.39 is 17.6 Å². The number of benzene rings is 2. The highest BCUT2D eigenvalue weighted by Gasteiger charge is 2.31. The molecule has 38 heavy (non-hydrogen) atoms. The fourth-order valence-electron chi connectivity index (χ4n) is 3.78. The minimum absolute atomic E-state index is 0.0465. The molecule has 5 rings (SSSR count). The minimum Gasteiger partial charge on any atom is -0.322 e. The molecule has 0 saturated carbocycles. The lowest BCUT2D eigenvalue weighted by Crippen LogP contribution is -2.14. The van der Waals surface area contributed by atoms with Crippen molar-refractivity contribution in [1.29, 1.82) is 5.26 Å². The molecule has 0 aliphatic rings. The van der Waals surface area contributed by atoms with Gasteiger partial charge in [0.15, 0.2) is 5.69 Å². The number of pyridine rings is 1. The van der Waals surface area contributed by atoms with Crippen LogP contribution in [-0.4, -0.2) is 24.8 Å². The molecule has 7 nitrogen and oxygen atoms in total. The third-order valence-electron chi connectivity index (χ3n) is 5.74. The smallest absolute Gasteiger partial charge is 0.322 e. The van der Waals surface area contributed by atoms with E-state index in [9.17, 15) is 18.0 Å². The summed E-state index contributed by atoms with van der Waals surface area (Å²) in [5, 5.41) is 11.5. The number of nitrogens with zero attached hydrogens (tertiary/aromatic N) is 5. The molecule has 0 radical (unpaired) electrons. The van der Waals surface area contributed by atoms with Crippen LogP contribution in [0, 0.1) is 30.1 Å². The van der Waals surface area contributed by atoms with Crippen LogP contribution in [0.2, 0.25) is 0 Å². The molecule has 0 atom stereocenters. The average molecular weight is 510 g/mol. The van der Waals surface area contributed by atoms with Crippen molar-refractivity contribution in [3.63, 3.8) is 0 Å². The average Bonchev–Trinajstić information content (AvgIpc) is 3.55. The number of amides is 1. The monoisotopic (exact) mass is 510 g/mol. The Bertz CT molecular complexity index is 1800. The highest BCUT2D eigenvalue weighted by Crippen LogP contribution is 2.33. The Morgan fingerprint density at radius 1 is 1.05 bits per heavy atom. The zero-order valence-corrected chi connectivity index (χ0v) is 19.8. The van der Waals surface area contributed by atoms with Gasteiger partial charge in [-0.2, -0.15) is 18.4 Å². The maximum atomic E-state index is 13.6. The molecule has 10 heteroatoms. The molecular formula is C28H17F3N6O. The molecule has 0 unspecified atom stereocenters. The first kappa shape index (κ1) is 24.3. The quantitative estimate of drug-likeness (QED) is 0.331. The van der Waals surface area contributed by atoms with E-state index in [2.05, 4.69) is 27.1 Å². The summed E-state index contributed by atoms with van der Waals surface area (Å²) in [5.41, 5.74) is 2.19. The summed E-state index contributed by atoms with van der Waals surface area (Å²) >= 11 is 0. The van der Waals surface area contributed by atoms with Gasteiger partial charge in [-0.1, -0.05) is 18.1 Å². The van der Waals surface area contributed by atoms with E-state index in [0.29, 0.717) is 11.3 Å². The van der Waals surface area contributed by atoms with Crippen molar-refractivity contribution in [2.45, 2.75) is 13.1 Å². The van der Waals surface area contributed by atoms with Gasteiger partial charge in [0.05, 0.1) is 11.8 Å². The normalized spacial score (nSPS) is 11.0. The van der Waals surface area contributed by atoms with Crippen LogP contribution in [0.1, 0.15) is 38.4 Å². The number of hydrogen-bond acceptors (Lipinski definition) is 4. The lowest BCUT2D eigenvalue weighted by molar-refractivity contribution is -0.137. The van der Waals surface area contributed by atoms with Crippen molar-refractivity contribution in [2.24, 2.45) is 0 Å². The van der Waals surface area contributed by atoms with Crippen LogP contribution in [-0.2, 0) is 6.18 Å². The number of carbonyl (C=O) groups excluding carboxylic acids is 1. The fraction of sp³-hybridized carbons (Fsp3) is 0.0714. The van der Waals surface area contributed by atoms with Crippen LogP contribution in [0.5, 0.6) is 0 Å². The number of nitriles is 1. The molecule has 1 amide bonds. The van der Waals surface area contributed by atoms with E-state index in [1.54, 1.807) is 24.4 Å². The molecule has 186 valence electrons. The summed E-state index contributed by atoms with van der Waals surface area (Å²) in [7, 11) is 0. The SMILES string of the molecule is Cc1ccc(C(=O)Nc2cc(-n3cnc(C#N)c3)cc(C(F)(F)F)c2)cc1C#Cc1cnc2ccccn12. The number of halogens is 3. The number of anilines is 1. The summed E-state index contributed by atoms with van der Waals surface area (Å²) < 4.78 is 43.9. The first-order valence-electron chi connectivity index (χ1n) is 11.2. The molecule has 0 spiro atoms. The summed E-state index contributed by atoms with van der Waals surface area (Å²) in [6.07, 6.45) is 1.37. The Labute approximate surface area is 214 Å². The van der Waals surface area contributed by atoms with Gasteiger partial charge < -0.3 is 9.88 Å².